The van der Waals surface area contributed by atoms with Crippen LogP contribution in [0.1, 0.15) is 0 Å². The summed E-state index contributed by atoms with van der Waals surface area (Å²) in [5.41, 5.74) is 6.71. The Balaban J connectivity index is 2.31. The van der Waals surface area contributed by atoms with E-state index in [1.54, 1.807) is 18.2 Å². The van der Waals surface area contributed by atoms with Crippen molar-refractivity contribution in [2.45, 2.75) is 0 Å². The lowest BCUT2D eigenvalue weighted by molar-refractivity contribution is 0.586. The van der Waals surface area contributed by atoms with Gasteiger partial charge in [0.1, 0.15) is 11.6 Å². The summed E-state index contributed by atoms with van der Waals surface area (Å²) in [4.78, 5) is 0. The average Bonchev–Trinajstić information content (AvgIpc) is 2.25. The predicted octanol–water partition coefficient (Wildman–Crippen LogP) is 3.94. The zero-order chi connectivity index (χ0) is 12.4. The molecule has 0 spiro atoms. The molecule has 0 aliphatic heterocycles. The highest BCUT2D eigenvalue weighted by molar-refractivity contribution is 6.33. The minimum absolute atomic E-state index is 0.151. The van der Waals surface area contributed by atoms with Gasteiger partial charge in [0.05, 0.1) is 16.4 Å². The molecule has 0 saturated carbocycles. The molecule has 2 nitrogen and oxygen atoms in total. The van der Waals surface area contributed by atoms with Crippen molar-refractivity contribution in [1.82, 2.24) is 0 Å². The van der Waals surface area contributed by atoms with Gasteiger partial charge in [-0.3, -0.25) is 0 Å². The number of hydrogen-bond acceptors (Lipinski definition) is 2. The van der Waals surface area contributed by atoms with E-state index in [2.05, 4.69) is 5.32 Å². The molecular formula is C12H9ClF2N2. The maximum atomic E-state index is 13.4. The van der Waals surface area contributed by atoms with E-state index in [1.165, 1.54) is 6.07 Å². The first kappa shape index (κ1) is 11.7. The van der Waals surface area contributed by atoms with Gasteiger partial charge >= 0.3 is 0 Å². The molecule has 88 valence electrons. The quantitative estimate of drug-likeness (QED) is 0.797. The Labute approximate surface area is 102 Å². The first-order valence-corrected chi connectivity index (χ1v) is 5.21. The molecule has 0 fully saturated rings. The first-order valence-electron chi connectivity index (χ1n) is 4.83. The lowest BCUT2D eigenvalue weighted by Gasteiger charge is -2.09. The molecule has 2 rings (SSSR count). The van der Waals surface area contributed by atoms with Crippen molar-refractivity contribution in [3.05, 3.63) is 53.1 Å². The summed E-state index contributed by atoms with van der Waals surface area (Å²) in [6.45, 7) is 0. The second-order valence-corrected chi connectivity index (χ2v) is 3.90. The smallest absolute Gasteiger partial charge is 0.149 e. The fourth-order valence-electron chi connectivity index (χ4n) is 1.37. The Morgan fingerprint density at radius 2 is 1.71 bits per heavy atom. The van der Waals surface area contributed by atoms with Crippen LogP contribution in [0.3, 0.4) is 0 Å². The number of rotatable bonds is 2. The Morgan fingerprint density at radius 1 is 1.00 bits per heavy atom. The van der Waals surface area contributed by atoms with Crippen molar-refractivity contribution < 1.29 is 8.78 Å². The van der Waals surface area contributed by atoms with E-state index in [-0.39, 0.29) is 5.69 Å². The molecule has 0 unspecified atom stereocenters. The van der Waals surface area contributed by atoms with E-state index in [4.69, 9.17) is 17.3 Å². The number of halogens is 3. The number of anilines is 3. The Kier molecular flexibility index (Phi) is 3.15. The van der Waals surface area contributed by atoms with Crippen LogP contribution in [0.5, 0.6) is 0 Å². The predicted molar refractivity (Wildman–Crippen MR) is 65.5 cm³/mol. The molecule has 3 N–H and O–H groups in total. The summed E-state index contributed by atoms with van der Waals surface area (Å²) in [6, 6.07) is 8.07. The van der Waals surface area contributed by atoms with E-state index in [9.17, 15) is 8.78 Å². The summed E-state index contributed by atoms with van der Waals surface area (Å²) in [6.07, 6.45) is 0. The summed E-state index contributed by atoms with van der Waals surface area (Å²) in [5, 5.41) is 3.13. The van der Waals surface area contributed by atoms with E-state index >= 15 is 0 Å². The molecule has 0 heterocycles. The normalized spacial score (nSPS) is 10.3. The molecule has 0 saturated heterocycles. The summed E-state index contributed by atoms with van der Waals surface area (Å²) in [5.74, 6) is -1.31. The fraction of sp³-hybridized carbons (Fsp3) is 0. The van der Waals surface area contributed by atoms with Crippen LogP contribution in [-0.2, 0) is 0 Å². The second-order valence-electron chi connectivity index (χ2n) is 3.49. The van der Waals surface area contributed by atoms with E-state index in [0.29, 0.717) is 16.4 Å². The Morgan fingerprint density at radius 3 is 2.35 bits per heavy atom. The number of hydrogen-bond donors (Lipinski definition) is 2. The molecule has 0 aliphatic carbocycles. The third-order valence-electron chi connectivity index (χ3n) is 2.19. The molecule has 0 aromatic heterocycles. The average molecular weight is 255 g/mol. The van der Waals surface area contributed by atoms with Crippen molar-refractivity contribution in [1.29, 1.82) is 0 Å². The first-order chi connectivity index (χ1) is 8.06. The largest absolute Gasteiger partial charge is 0.399 e. The van der Waals surface area contributed by atoms with Gasteiger partial charge in [-0.1, -0.05) is 11.6 Å². The highest BCUT2D eigenvalue weighted by Gasteiger charge is 2.06. The van der Waals surface area contributed by atoms with Crippen LogP contribution >= 0.6 is 11.6 Å². The highest BCUT2D eigenvalue weighted by Crippen LogP contribution is 2.28. The van der Waals surface area contributed by atoms with Crippen LogP contribution in [0.4, 0.5) is 25.8 Å². The van der Waals surface area contributed by atoms with Crippen molar-refractivity contribution in [2.24, 2.45) is 0 Å². The van der Waals surface area contributed by atoms with Crippen LogP contribution in [0.15, 0.2) is 36.4 Å². The van der Waals surface area contributed by atoms with Gasteiger partial charge in [0, 0.05) is 11.8 Å². The van der Waals surface area contributed by atoms with Gasteiger partial charge in [-0.05, 0) is 30.3 Å². The molecule has 17 heavy (non-hydrogen) atoms. The lowest BCUT2D eigenvalue weighted by Crippen LogP contribution is -1.96. The van der Waals surface area contributed by atoms with Gasteiger partial charge in [-0.2, -0.15) is 0 Å². The second kappa shape index (κ2) is 4.59. The molecule has 0 bridgehead atoms. The molecule has 5 heteroatoms. The van der Waals surface area contributed by atoms with Crippen LogP contribution < -0.4 is 11.1 Å². The van der Waals surface area contributed by atoms with E-state index in [0.717, 1.165) is 12.1 Å². The fourth-order valence-corrected chi connectivity index (χ4v) is 1.60. The molecular weight excluding hydrogens is 246 g/mol. The molecule has 0 radical (unpaired) electrons. The van der Waals surface area contributed by atoms with Gasteiger partial charge < -0.3 is 11.1 Å². The SMILES string of the molecule is Nc1ccc(Nc2ccc(F)cc2F)c(Cl)c1. The lowest BCUT2D eigenvalue weighted by atomic mass is 10.2. The summed E-state index contributed by atoms with van der Waals surface area (Å²) in [7, 11) is 0. The van der Waals surface area contributed by atoms with Crippen molar-refractivity contribution in [3.63, 3.8) is 0 Å². The van der Waals surface area contributed by atoms with E-state index in [1.807, 2.05) is 0 Å². The van der Waals surface area contributed by atoms with Crippen molar-refractivity contribution in [2.75, 3.05) is 11.1 Å². The number of nitrogens with one attached hydrogen (secondary N) is 1. The molecule has 0 amide bonds. The van der Waals surface area contributed by atoms with E-state index < -0.39 is 11.6 Å². The maximum Gasteiger partial charge on any atom is 0.149 e. The number of nitrogen functional groups attached to an aromatic ring is 1. The molecule has 0 atom stereocenters. The van der Waals surface area contributed by atoms with Crippen molar-refractivity contribution in [3.8, 4) is 0 Å². The summed E-state index contributed by atoms with van der Waals surface area (Å²) < 4.78 is 26.1. The number of nitrogens with two attached hydrogens (primary N) is 1. The minimum Gasteiger partial charge on any atom is -0.399 e. The van der Waals surface area contributed by atoms with Crippen molar-refractivity contribution >= 4 is 28.7 Å². The van der Waals surface area contributed by atoms with Crippen LogP contribution in [0, 0.1) is 11.6 Å². The molecule has 2 aromatic carbocycles. The van der Waals surface area contributed by atoms with Crippen LogP contribution in [0.25, 0.3) is 0 Å². The Hall–Kier alpha value is -1.81. The molecule has 2 aromatic rings. The minimum atomic E-state index is -0.683. The van der Waals surface area contributed by atoms with Crippen LogP contribution in [0.2, 0.25) is 5.02 Å². The number of benzene rings is 2. The zero-order valence-electron chi connectivity index (χ0n) is 8.68. The van der Waals surface area contributed by atoms with Gasteiger partial charge in [-0.25, -0.2) is 8.78 Å². The standard InChI is InChI=1S/C12H9ClF2N2/c13-9-6-8(16)2-4-11(9)17-12-3-1-7(14)5-10(12)15/h1-6,17H,16H2. The summed E-state index contributed by atoms with van der Waals surface area (Å²) >= 11 is 5.92. The van der Waals surface area contributed by atoms with Crippen LogP contribution in [-0.4, -0.2) is 0 Å². The highest BCUT2D eigenvalue weighted by atomic mass is 35.5. The third-order valence-corrected chi connectivity index (χ3v) is 2.51. The van der Waals surface area contributed by atoms with Gasteiger partial charge in [0.25, 0.3) is 0 Å². The zero-order valence-corrected chi connectivity index (χ0v) is 9.43. The van der Waals surface area contributed by atoms with Gasteiger partial charge in [0.15, 0.2) is 0 Å². The monoisotopic (exact) mass is 254 g/mol. The maximum absolute atomic E-state index is 13.4. The topological polar surface area (TPSA) is 38.0 Å². The third kappa shape index (κ3) is 2.65. The van der Waals surface area contributed by atoms with Gasteiger partial charge in [-0.15, -0.1) is 0 Å². The molecule has 0 aliphatic rings. The Bertz CT molecular complexity index is 509. The van der Waals surface area contributed by atoms with Gasteiger partial charge in [0.2, 0.25) is 0 Å².